The molecule has 70 valence electrons. The second-order valence-electron chi connectivity index (χ2n) is 3.96. The Morgan fingerprint density at radius 3 is 3.31 bits per heavy atom. The fraction of sp³-hybridized carbons (Fsp3) is 0.600. The molecule has 0 aromatic carbocycles. The van der Waals surface area contributed by atoms with Gasteiger partial charge in [0.2, 0.25) is 0 Å². The van der Waals surface area contributed by atoms with Gasteiger partial charge < -0.3 is 14.5 Å². The molecule has 3 heteroatoms. The Kier molecular flexibility index (Phi) is 1.51. The number of fused-ring (bicyclic) bond motifs is 2. The summed E-state index contributed by atoms with van der Waals surface area (Å²) in [7, 11) is 0. The van der Waals surface area contributed by atoms with Gasteiger partial charge in [-0.25, -0.2) is 0 Å². The van der Waals surface area contributed by atoms with Crippen molar-refractivity contribution in [2.75, 3.05) is 19.8 Å². The highest BCUT2D eigenvalue weighted by atomic mass is 16.5. The van der Waals surface area contributed by atoms with E-state index in [-0.39, 0.29) is 5.41 Å². The summed E-state index contributed by atoms with van der Waals surface area (Å²) in [6, 6.07) is 2.06. The Bertz CT molecular complexity index is 312. The minimum Gasteiger partial charge on any atom is -0.468 e. The van der Waals surface area contributed by atoms with E-state index in [0.29, 0.717) is 0 Å². The predicted octanol–water partition coefficient (Wildman–Crippen LogP) is 1.04. The van der Waals surface area contributed by atoms with Crippen molar-refractivity contribution in [1.82, 2.24) is 5.32 Å². The molecular formula is C10H13NO2. The van der Waals surface area contributed by atoms with E-state index in [1.165, 1.54) is 5.56 Å². The zero-order chi connectivity index (χ0) is 8.73. The second kappa shape index (κ2) is 2.59. The predicted molar refractivity (Wildman–Crippen MR) is 47.5 cm³/mol. The highest BCUT2D eigenvalue weighted by molar-refractivity contribution is 5.29. The van der Waals surface area contributed by atoms with E-state index in [4.69, 9.17) is 9.15 Å². The first kappa shape index (κ1) is 7.59. The van der Waals surface area contributed by atoms with Crippen LogP contribution in [0.25, 0.3) is 0 Å². The molecule has 1 atom stereocenters. The molecule has 2 aliphatic heterocycles. The summed E-state index contributed by atoms with van der Waals surface area (Å²) >= 11 is 0. The van der Waals surface area contributed by atoms with Crippen molar-refractivity contribution in [3.8, 4) is 0 Å². The van der Waals surface area contributed by atoms with Gasteiger partial charge in [-0.1, -0.05) is 0 Å². The molecule has 1 unspecified atom stereocenters. The highest BCUT2D eigenvalue weighted by Gasteiger charge is 2.42. The van der Waals surface area contributed by atoms with Gasteiger partial charge in [0.05, 0.1) is 18.3 Å². The lowest BCUT2D eigenvalue weighted by molar-refractivity contribution is 0.165. The van der Waals surface area contributed by atoms with E-state index >= 15 is 0 Å². The van der Waals surface area contributed by atoms with Gasteiger partial charge >= 0.3 is 0 Å². The zero-order valence-corrected chi connectivity index (χ0v) is 7.51. The molecule has 3 heterocycles. The molecule has 1 fully saturated rings. The highest BCUT2D eigenvalue weighted by Crippen LogP contribution is 2.37. The van der Waals surface area contributed by atoms with Crippen LogP contribution in [0.3, 0.4) is 0 Å². The van der Waals surface area contributed by atoms with Crippen molar-refractivity contribution in [3.05, 3.63) is 23.7 Å². The van der Waals surface area contributed by atoms with Crippen molar-refractivity contribution in [3.63, 3.8) is 0 Å². The number of hydrogen-bond donors (Lipinski definition) is 1. The van der Waals surface area contributed by atoms with Crippen LogP contribution in [0.1, 0.15) is 17.7 Å². The average Bonchev–Trinajstić information content (AvgIpc) is 2.74. The van der Waals surface area contributed by atoms with Gasteiger partial charge in [-0.05, 0) is 12.5 Å². The Balaban J connectivity index is 2.08. The maximum atomic E-state index is 5.57. The first-order valence-corrected chi connectivity index (χ1v) is 4.76. The molecule has 13 heavy (non-hydrogen) atoms. The van der Waals surface area contributed by atoms with E-state index < -0.39 is 0 Å². The summed E-state index contributed by atoms with van der Waals surface area (Å²) in [5.74, 6) is 1.16. The average molecular weight is 179 g/mol. The van der Waals surface area contributed by atoms with Gasteiger partial charge in [-0.3, -0.25) is 0 Å². The summed E-state index contributed by atoms with van der Waals surface area (Å²) in [5.41, 5.74) is 1.44. The van der Waals surface area contributed by atoms with Crippen LogP contribution in [0, 0.1) is 0 Å². The molecule has 0 bridgehead atoms. The van der Waals surface area contributed by atoms with Crippen molar-refractivity contribution in [2.24, 2.45) is 0 Å². The van der Waals surface area contributed by atoms with E-state index in [0.717, 1.165) is 38.5 Å². The van der Waals surface area contributed by atoms with Gasteiger partial charge in [0.15, 0.2) is 0 Å². The van der Waals surface area contributed by atoms with E-state index in [2.05, 4.69) is 11.4 Å². The molecule has 1 saturated heterocycles. The van der Waals surface area contributed by atoms with Crippen LogP contribution in [0.2, 0.25) is 0 Å². The van der Waals surface area contributed by atoms with E-state index in [9.17, 15) is 0 Å². The summed E-state index contributed by atoms with van der Waals surface area (Å²) < 4.78 is 11.0. The summed E-state index contributed by atoms with van der Waals surface area (Å²) in [6.07, 6.45) is 2.87. The first-order valence-electron chi connectivity index (χ1n) is 4.76. The second-order valence-corrected chi connectivity index (χ2v) is 3.96. The third kappa shape index (κ3) is 0.974. The minimum absolute atomic E-state index is 0.136. The normalized spacial score (nSPS) is 32.3. The van der Waals surface area contributed by atoms with Gasteiger partial charge in [0.25, 0.3) is 0 Å². The molecule has 2 aliphatic rings. The van der Waals surface area contributed by atoms with Crippen molar-refractivity contribution >= 4 is 0 Å². The lowest BCUT2D eigenvalue weighted by Crippen LogP contribution is -2.42. The van der Waals surface area contributed by atoms with Crippen LogP contribution in [-0.4, -0.2) is 19.8 Å². The monoisotopic (exact) mass is 179 g/mol. The molecule has 1 aromatic rings. The zero-order valence-electron chi connectivity index (χ0n) is 7.51. The van der Waals surface area contributed by atoms with Crippen molar-refractivity contribution in [1.29, 1.82) is 0 Å². The van der Waals surface area contributed by atoms with E-state index in [1.54, 1.807) is 6.26 Å². The Hall–Kier alpha value is -0.800. The van der Waals surface area contributed by atoms with Crippen LogP contribution in [0.15, 0.2) is 16.7 Å². The SMILES string of the molecule is c1cc2c(o1)C1(CCOC1)CNC2. The fourth-order valence-corrected chi connectivity index (χ4v) is 2.38. The molecular weight excluding hydrogens is 166 g/mol. The number of rotatable bonds is 0. The first-order chi connectivity index (χ1) is 6.41. The van der Waals surface area contributed by atoms with E-state index in [1.807, 2.05) is 0 Å². The lowest BCUT2D eigenvalue weighted by Gasteiger charge is -2.30. The number of hydrogen-bond acceptors (Lipinski definition) is 3. The van der Waals surface area contributed by atoms with Gasteiger partial charge in [0, 0.05) is 25.3 Å². The maximum Gasteiger partial charge on any atom is 0.118 e. The Labute approximate surface area is 77.1 Å². The molecule has 0 amide bonds. The molecule has 0 radical (unpaired) electrons. The van der Waals surface area contributed by atoms with Crippen LogP contribution < -0.4 is 5.32 Å². The third-order valence-corrected chi connectivity index (χ3v) is 3.11. The van der Waals surface area contributed by atoms with Gasteiger partial charge in [-0.2, -0.15) is 0 Å². The van der Waals surface area contributed by atoms with Gasteiger partial charge in [0.1, 0.15) is 5.76 Å². The molecule has 3 nitrogen and oxygen atoms in total. The van der Waals surface area contributed by atoms with Crippen LogP contribution in [0.5, 0.6) is 0 Å². The molecule has 0 aliphatic carbocycles. The standard InChI is InChI=1S/C10H13NO2/c1-3-13-9-8(1)5-11-6-10(9)2-4-12-7-10/h1,3,11H,2,4-7H2. The molecule has 3 rings (SSSR count). The number of nitrogens with one attached hydrogen (secondary N) is 1. The Morgan fingerprint density at radius 1 is 1.46 bits per heavy atom. The molecule has 1 N–H and O–H groups in total. The minimum atomic E-state index is 0.136. The lowest BCUT2D eigenvalue weighted by atomic mass is 9.80. The Morgan fingerprint density at radius 2 is 2.46 bits per heavy atom. The van der Waals surface area contributed by atoms with Crippen LogP contribution in [0.4, 0.5) is 0 Å². The molecule has 1 aromatic heterocycles. The topological polar surface area (TPSA) is 34.4 Å². The van der Waals surface area contributed by atoms with Crippen molar-refractivity contribution in [2.45, 2.75) is 18.4 Å². The van der Waals surface area contributed by atoms with Crippen molar-refractivity contribution < 1.29 is 9.15 Å². The summed E-state index contributed by atoms with van der Waals surface area (Å²) in [6.45, 7) is 3.60. The van der Waals surface area contributed by atoms with Gasteiger partial charge in [-0.15, -0.1) is 0 Å². The number of furan rings is 1. The molecule has 1 spiro atoms. The third-order valence-electron chi connectivity index (χ3n) is 3.11. The maximum absolute atomic E-state index is 5.57. The summed E-state index contributed by atoms with van der Waals surface area (Å²) in [5, 5.41) is 3.42. The fourth-order valence-electron chi connectivity index (χ4n) is 2.38. The van der Waals surface area contributed by atoms with Crippen LogP contribution >= 0.6 is 0 Å². The quantitative estimate of drug-likeness (QED) is 0.646. The van der Waals surface area contributed by atoms with Crippen LogP contribution in [-0.2, 0) is 16.7 Å². The smallest absolute Gasteiger partial charge is 0.118 e. The molecule has 0 saturated carbocycles. The number of ether oxygens (including phenoxy) is 1. The largest absolute Gasteiger partial charge is 0.468 e. The summed E-state index contributed by atoms with van der Waals surface area (Å²) in [4.78, 5) is 0.